The molecule has 1 aliphatic heterocycles. The molecule has 1 N–H and O–H groups in total. The maximum atomic E-state index is 14.4. The Morgan fingerprint density at radius 2 is 2.21 bits per heavy atom. The molecular formula is C18H24FN3O2. The molecule has 1 fully saturated rings. The Bertz CT molecular complexity index is 668. The van der Waals surface area contributed by atoms with Crippen LogP contribution in [0.3, 0.4) is 0 Å². The van der Waals surface area contributed by atoms with Crippen molar-refractivity contribution >= 4 is 0 Å². The first-order valence-corrected chi connectivity index (χ1v) is 8.30. The number of halogens is 1. The normalized spacial score (nSPS) is 17.0. The van der Waals surface area contributed by atoms with Crippen LogP contribution in [0, 0.1) is 11.7 Å². The third kappa shape index (κ3) is 3.60. The van der Waals surface area contributed by atoms with Crippen molar-refractivity contribution in [2.45, 2.75) is 25.4 Å². The second kappa shape index (κ2) is 7.77. The molecule has 1 unspecified atom stereocenters. The third-order valence-electron chi connectivity index (χ3n) is 4.65. The maximum Gasteiger partial charge on any atom is 0.169 e. The Hall–Kier alpha value is -1.92. The van der Waals surface area contributed by atoms with Gasteiger partial charge in [-0.2, -0.15) is 0 Å². The molecule has 6 heteroatoms. The van der Waals surface area contributed by atoms with Gasteiger partial charge in [-0.3, -0.25) is 0 Å². The number of imidazole rings is 1. The predicted octanol–water partition coefficient (Wildman–Crippen LogP) is 2.83. The van der Waals surface area contributed by atoms with Crippen LogP contribution in [0.5, 0.6) is 5.75 Å². The van der Waals surface area contributed by atoms with Crippen LogP contribution in [-0.4, -0.2) is 29.9 Å². The molecule has 1 aromatic carbocycles. The Morgan fingerprint density at radius 3 is 2.88 bits per heavy atom. The number of hydrogen-bond donors (Lipinski definition) is 1. The van der Waals surface area contributed by atoms with Crippen LogP contribution in [0.15, 0.2) is 30.6 Å². The van der Waals surface area contributed by atoms with Crippen molar-refractivity contribution < 1.29 is 13.9 Å². The van der Waals surface area contributed by atoms with Gasteiger partial charge in [0.05, 0.1) is 13.2 Å². The van der Waals surface area contributed by atoms with Gasteiger partial charge in [-0.1, -0.05) is 12.1 Å². The number of aryl methyl sites for hydroxylation is 1. The van der Waals surface area contributed by atoms with Crippen molar-refractivity contribution in [3.05, 3.63) is 47.8 Å². The fourth-order valence-electron chi connectivity index (χ4n) is 3.27. The fourth-order valence-corrected chi connectivity index (χ4v) is 3.27. The van der Waals surface area contributed by atoms with Crippen LogP contribution in [0.2, 0.25) is 0 Å². The molecule has 0 bridgehead atoms. The summed E-state index contributed by atoms with van der Waals surface area (Å²) >= 11 is 0. The summed E-state index contributed by atoms with van der Waals surface area (Å²) in [6, 6.07) is 5.29. The number of benzene rings is 1. The van der Waals surface area contributed by atoms with Gasteiger partial charge in [-0.15, -0.1) is 0 Å². The summed E-state index contributed by atoms with van der Waals surface area (Å²) in [6.07, 6.45) is 5.70. The molecule has 130 valence electrons. The van der Waals surface area contributed by atoms with Gasteiger partial charge in [0, 0.05) is 44.8 Å². The zero-order valence-corrected chi connectivity index (χ0v) is 14.2. The number of nitrogens with one attached hydrogen (secondary N) is 1. The molecule has 3 rings (SSSR count). The average Bonchev–Trinajstić information content (AvgIpc) is 3.03. The predicted molar refractivity (Wildman–Crippen MR) is 89.3 cm³/mol. The van der Waals surface area contributed by atoms with Crippen molar-refractivity contribution in [2.75, 3.05) is 20.3 Å². The molecule has 2 aromatic rings. The fraction of sp³-hybridized carbons (Fsp3) is 0.500. The Labute approximate surface area is 141 Å². The summed E-state index contributed by atoms with van der Waals surface area (Å²) in [6.45, 7) is 1.96. The minimum absolute atomic E-state index is 0.0690. The molecule has 5 nitrogen and oxygen atoms in total. The van der Waals surface area contributed by atoms with E-state index in [1.54, 1.807) is 18.3 Å². The van der Waals surface area contributed by atoms with E-state index in [-0.39, 0.29) is 17.6 Å². The van der Waals surface area contributed by atoms with Crippen LogP contribution in [0.25, 0.3) is 0 Å². The molecule has 0 radical (unpaired) electrons. The molecule has 0 aliphatic carbocycles. The first kappa shape index (κ1) is 16.9. The Kier molecular flexibility index (Phi) is 5.48. The first-order valence-electron chi connectivity index (χ1n) is 8.30. The zero-order valence-electron chi connectivity index (χ0n) is 14.2. The second-order valence-corrected chi connectivity index (χ2v) is 6.14. The van der Waals surface area contributed by atoms with Gasteiger partial charge in [0.1, 0.15) is 5.82 Å². The minimum atomic E-state index is -0.307. The van der Waals surface area contributed by atoms with E-state index in [9.17, 15) is 4.39 Å². The summed E-state index contributed by atoms with van der Waals surface area (Å²) in [5, 5.41) is 3.51. The summed E-state index contributed by atoms with van der Waals surface area (Å²) in [4.78, 5) is 4.50. The van der Waals surface area contributed by atoms with Gasteiger partial charge in [0.25, 0.3) is 0 Å². The SMILES string of the molecule is COc1cccc(CNC(c2nccn2C)C2CCOCC2)c1F. The van der Waals surface area contributed by atoms with E-state index >= 15 is 0 Å². The maximum absolute atomic E-state index is 14.4. The van der Waals surface area contributed by atoms with E-state index in [4.69, 9.17) is 9.47 Å². The zero-order chi connectivity index (χ0) is 16.9. The minimum Gasteiger partial charge on any atom is -0.494 e. The highest BCUT2D eigenvalue weighted by Gasteiger charge is 2.28. The van der Waals surface area contributed by atoms with Gasteiger partial charge < -0.3 is 19.4 Å². The van der Waals surface area contributed by atoms with Crippen LogP contribution < -0.4 is 10.1 Å². The average molecular weight is 333 g/mol. The molecule has 0 amide bonds. The highest BCUT2D eigenvalue weighted by molar-refractivity contribution is 5.31. The number of aromatic nitrogens is 2. The lowest BCUT2D eigenvalue weighted by atomic mass is 9.91. The van der Waals surface area contributed by atoms with E-state index < -0.39 is 0 Å². The quantitative estimate of drug-likeness (QED) is 0.883. The lowest BCUT2D eigenvalue weighted by molar-refractivity contribution is 0.0517. The lowest BCUT2D eigenvalue weighted by Crippen LogP contribution is -2.33. The van der Waals surface area contributed by atoms with Crippen molar-refractivity contribution in [1.29, 1.82) is 0 Å². The van der Waals surface area contributed by atoms with Gasteiger partial charge in [0.15, 0.2) is 11.6 Å². The van der Waals surface area contributed by atoms with Crippen molar-refractivity contribution in [3.8, 4) is 5.75 Å². The summed E-state index contributed by atoms with van der Waals surface area (Å²) < 4.78 is 26.9. The van der Waals surface area contributed by atoms with Gasteiger partial charge >= 0.3 is 0 Å². The van der Waals surface area contributed by atoms with Crippen molar-refractivity contribution in [2.24, 2.45) is 13.0 Å². The molecule has 24 heavy (non-hydrogen) atoms. The number of methoxy groups -OCH3 is 1. The largest absolute Gasteiger partial charge is 0.494 e. The number of nitrogens with zero attached hydrogens (tertiary/aromatic N) is 2. The lowest BCUT2D eigenvalue weighted by Gasteiger charge is -2.31. The highest BCUT2D eigenvalue weighted by Crippen LogP contribution is 2.30. The second-order valence-electron chi connectivity index (χ2n) is 6.14. The van der Waals surface area contributed by atoms with E-state index in [0.717, 1.165) is 31.9 Å². The van der Waals surface area contributed by atoms with Crippen LogP contribution in [-0.2, 0) is 18.3 Å². The topological polar surface area (TPSA) is 48.3 Å². The molecule has 1 aliphatic rings. The molecule has 0 saturated carbocycles. The number of rotatable bonds is 6. The van der Waals surface area contributed by atoms with Crippen LogP contribution in [0.1, 0.15) is 30.3 Å². The summed E-state index contributed by atoms with van der Waals surface area (Å²) in [7, 11) is 3.47. The molecular weight excluding hydrogens is 309 g/mol. The monoisotopic (exact) mass is 333 g/mol. The van der Waals surface area contributed by atoms with Crippen LogP contribution >= 0.6 is 0 Å². The van der Waals surface area contributed by atoms with Crippen molar-refractivity contribution in [1.82, 2.24) is 14.9 Å². The standard InChI is InChI=1S/C18H24FN3O2/c1-22-9-8-20-18(22)17(13-6-10-24-11-7-13)21-12-14-4-3-5-15(23-2)16(14)19/h3-5,8-9,13,17,21H,6-7,10-12H2,1-2H3. The number of ether oxygens (including phenoxy) is 2. The molecule has 1 saturated heterocycles. The summed E-state index contributed by atoms with van der Waals surface area (Å²) in [5.41, 5.74) is 0.598. The van der Waals surface area contributed by atoms with Gasteiger partial charge in [0.2, 0.25) is 0 Å². The van der Waals surface area contributed by atoms with E-state index in [2.05, 4.69) is 10.3 Å². The Morgan fingerprint density at radius 1 is 1.42 bits per heavy atom. The smallest absolute Gasteiger partial charge is 0.169 e. The molecule has 0 spiro atoms. The Balaban J connectivity index is 1.78. The first-order chi connectivity index (χ1) is 11.7. The summed E-state index contributed by atoms with van der Waals surface area (Å²) in [5.74, 6) is 1.37. The van der Waals surface area contributed by atoms with Gasteiger partial charge in [-0.05, 0) is 24.8 Å². The highest BCUT2D eigenvalue weighted by atomic mass is 19.1. The van der Waals surface area contributed by atoms with Crippen molar-refractivity contribution in [3.63, 3.8) is 0 Å². The van der Waals surface area contributed by atoms with Crippen LogP contribution in [0.4, 0.5) is 4.39 Å². The molecule has 2 heterocycles. The number of hydrogen-bond acceptors (Lipinski definition) is 4. The van der Waals surface area contributed by atoms with E-state index in [1.165, 1.54) is 7.11 Å². The molecule has 1 aromatic heterocycles. The van der Waals surface area contributed by atoms with E-state index in [0.29, 0.717) is 18.0 Å². The van der Waals surface area contributed by atoms with Gasteiger partial charge in [-0.25, -0.2) is 9.37 Å². The third-order valence-corrected chi connectivity index (χ3v) is 4.65. The van der Waals surface area contributed by atoms with E-state index in [1.807, 2.05) is 23.9 Å². The molecule has 1 atom stereocenters.